The molecule has 0 radical (unpaired) electrons. The Morgan fingerprint density at radius 3 is 2.48 bits per heavy atom. The number of imidazole rings is 1. The Labute approximate surface area is 264 Å². The summed E-state index contributed by atoms with van der Waals surface area (Å²) in [6.07, 6.45) is 12.4. The first-order valence-electron chi connectivity index (χ1n) is 14.0. The number of rotatable bonds is 13. The number of benzene rings is 3. The SMILES string of the molecule is COc1ccc(CNc2cnnc3cc(-c4cc(Cl)c(OC)cc4-c4cn(COCCS(C)(C)C)cn4)ccc23)c(OC)c1. The van der Waals surface area contributed by atoms with Gasteiger partial charge in [0, 0.05) is 41.1 Å². The Kier molecular flexibility index (Phi) is 9.83. The molecule has 2 aromatic heterocycles. The molecule has 0 spiro atoms. The maximum atomic E-state index is 6.63. The molecule has 5 aromatic rings. The Morgan fingerprint density at radius 1 is 0.909 bits per heavy atom. The number of hydrogen-bond acceptors (Lipinski definition) is 8. The summed E-state index contributed by atoms with van der Waals surface area (Å²) in [7, 11) is 4.29. The van der Waals surface area contributed by atoms with Crippen LogP contribution in [0.2, 0.25) is 5.02 Å². The summed E-state index contributed by atoms with van der Waals surface area (Å²) < 4.78 is 24.3. The molecule has 0 atom stereocenters. The highest BCUT2D eigenvalue weighted by Crippen LogP contribution is 2.40. The monoisotopic (exact) mass is 635 g/mol. The number of anilines is 1. The van der Waals surface area contributed by atoms with Gasteiger partial charge in [-0.1, -0.05) is 17.7 Å². The van der Waals surface area contributed by atoms with Gasteiger partial charge >= 0.3 is 0 Å². The Balaban J connectivity index is 1.42. The fourth-order valence-corrected chi connectivity index (χ4v) is 5.63. The van der Waals surface area contributed by atoms with Crippen molar-refractivity contribution in [1.29, 1.82) is 0 Å². The van der Waals surface area contributed by atoms with Gasteiger partial charge in [-0.3, -0.25) is 0 Å². The molecule has 0 bridgehead atoms. The van der Waals surface area contributed by atoms with Crippen LogP contribution >= 0.6 is 21.6 Å². The quantitative estimate of drug-likeness (QED) is 0.137. The van der Waals surface area contributed by atoms with Gasteiger partial charge in [0.05, 0.1) is 62.4 Å². The van der Waals surface area contributed by atoms with E-state index in [1.54, 1.807) is 33.9 Å². The van der Waals surface area contributed by atoms with Crippen molar-refractivity contribution in [2.45, 2.75) is 13.3 Å². The van der Waals surface area contributed by atoms with E-state index in [4.69, 9.17) is 35.5 Å². The van der Waals surface area contributed by atoms with E-state index in [0.717, 1.165) is 68.4 Å². The zero-order valence-corrected chi connectivity index (χ0v) is 27.5. The van der Waals surface area contributed by atoms with Crippen LogP contribution in [0.4, 0.5) is 5.69 Å². The van der Waals surface area contributed by atoms with E-state index in [1.807, 2.05) is 53.2 Å². The lowest BCUT2D eigenvalue weighted by Gasteiger charge is -2.24. The smallest absolute Gasteiger partial charge is 0.138 e. The maximum Gasteiger partial charge on any atom is 0.138 e. The van der Waals surface area contributed by atoms with Gasteiger partial charge in [0.2, 0.25) is 0 Å². The van der Waals surface area contributed by atoms with Crippen LogP contribution in [0.5, 0.6) is 17.2 Å². The molecule has 0 aliphatic heterocycles. The molecule has 3 aromatic carbocycles. The minimum atomic E-state index is -0.603. The van der Waals surface area contributed by atoms with Crippen molar-refractivity contribution in [2.24, 2.45) is 0 Å². The summed E-state index contributed by atoms with van der Waals surface area (Å²) >= 11 is 6.63. The lowest BCUT2D eigenvalue weighted by atomic mass is 9.96. The van der Waals surface area contributed by atoms with Crippen molar-refractivity contribution >= 4 is 38.2 Å². The van der Waals surface area contributed by atoms with Crippen LogP contribution in [-0.4, -0.2) is 72.2 Å². The molecule has 2 heterocycles. The minimum absolute atomic E-state index is 0.437. The highest BCUT2D eigenvalue weighted by molar-refractivity contribution is 8.32. The normalized spacial score (nSPS) is 11.9. The third-order valence-corrected chi connectivity index (χ3v) is 8.88. The van der Waals surface area contributed by atoms with Crippen LogP contribution < -0.4 is 19.5 Å². The maximum absolute atomic E-state index is 6.63. The van der Waals surface area contributed by atoms with E-state index < -0.39 is 10.0 Å². The van der Waals surface area contributed by atoms with Gasteiger partial charge in [-0.2, -0.15) is 10.2 Å². The Bertz CT molecular complexity index is 1750. The standard InChI is InChI=1S/C33H38ClN5O4S/c1-40-24-9-7-23(32(14-24)41-2)17-35-30-18-37-38-29-13-22(8-10-25(29)30)26-15-28(34)33(42-3)16-27(26)31-19-39(20-36-31)21-43-11-12-44(4,5)6/h7-10,13-16,18-20H,11-12,17,21H2,1-6H3,(H,35,38). The average molecular weight is 636 g/mol. The van der Waals surface area contributed by atoms with Crippen molar-refractivity contribution in [3.05, 3.63) is 77.8 Å². The number of nitrogens with one attached hydrogen (secondary N) is 1. The molecule has 11 heteroatoms. The molecule has 0 fully saturated rings. The van der Waals surface area contributed by atoms with Crippen molar-refractivity contribution in [1.82, 2.24) is 19.7 Å². The van der Waals surface area contributed by atoms with Crippen molar-refractivity contribution in [3.8, 4) is 39.6 Å². The zero-order valence-electron chi connectivity index (χ0n) is 25.9. The number of hydrogen-bond donors (Lipinski definition) is 1. The summed E-state index contributed by atoms with van der Waals surface area (Å²) in [5.41, 5.74) is 6.11. The molecule has 1 N–H and O–H groups in total. The topological polar surface area (TPSA) is 92.5 Å². The van der Waals surface area contributed by atoms with Gasteiger partial charge in [-0.05, 0) is 66.3 Å². The van der Waals surface area contributed by atoms with Gasteiger partial charge in [-0.15, -0.1) is 0 Å². The first-order valence-corrected chi connectivity index (χ1v) is 17.4. The Hall–Kier alpha value is -3.99. The van der Waals surface area contributed by atoms with Crippen LogP contribution in [0.3, 0.4) is 0 Å². The molecule has 44 heavy (non-hydrogen) atoms. The van der Waals surface area contributed by atoms with Crippen LogP contribution in [0.15, 0.2) is 67.3 Å². The fourth-order valence-electron chi connectivity index (χ4n) is 4.77. The minimum Gasteiger partial charge on any atom is -0.497 e. The van der Waals surface area contributed by atoms with Crippen molar-refractivity contribution < 1.29 is 18.9 Å². The Morgan fingerprint density at radius 2 is 1.73 bits per heavy atom. The first kappa shape index (κ1) is 31.4. The van der Waals surface area contributed by atoms with Gasteiger partial charge in [0.15, 0.2) is 0 Å². The third kappa shape index (κ3) is 7.38. The van der Waals surface area contributed by atoms with E-state index >= 15 is 0 Å². The van der Waals surface area contributed by atoms with Gasteiger partial charge < -0.3 is 28.8 Å². The highest BCUT2D eigenvalue weighted by atomic mass is 35.5. The number of ether oxygens (including phenoxy) is 4. The molecular formula is C33H38ClN5O4S. The zero-order chi connectivity index (χ0) is 31.3. The number of aromatic nitrogens is 4. The molecule has 0 aliphatic rings. The predicted molar refractivity (Wildman–Crippen MR) is 181 cm³/mol. The average Bonchev–Trinajstić information content (AvgIpc) is 3.50. The van der Waals surface area contributed by atoms with Crippen molar-refractivity contribution in [2.75, 3.05) is 57.8 Å². The molecule has 5 rings (SSSR count). The summed E-state index contributed by atoms with van der Waals surface area (Å²) in [4.78, 5) is 4.69. The molecule has 0 unspecified atom stereocenters. The van der Waals surface area contributed by atoms with E-state index in [-0.39, 0.29) is 0 Å². The lowest BCUT2D eigenvalue weighted by Crippen LogP contribution is -2.09. The summed E-state index contributed by atoms with van der Waals surface area (Å²) in [5, 5.41) is 13.6. The van der Waals surface area contributed by atoms with E-state index in [1.165, 1.54) is 0 Å². The number of fused-ring (bicyclic) bond motifs is 1. The molecule has 0 saturated heterocycles. The summed E-state index contributed by atoms with van der Waals surface area (Å²) in [5.74, 6) is 3.12. The summed E-state index contributed by atoms with van der Waals surface area (Å²) in [6, 6.07) is 15.7. The predicted octanol–water partition coefficient (Wildman–Crippen LogP) is 7.12. The first-order chi connectivity index (χ1) is 21.2. The number of halogens is 1. The fraction of sp³-hybridized carbons (Fsp3) is 0.303. The molecular weight excluding hydrogens is 598 g/mol. The number of methoxy groups -OCH3 is 3. The third-order valence-electron chi connectivity index (χ3n) is 7.20. The largest absolute Gasteiger partial charge is 0.497 e. The van der Waals surface area contributed by atoms with Crippen LogP contribution in [-0.2, 0) is 18.0 Å². The van der Waals surface area contributed by atoms with Gasteiger partial charge in [-0.25, -0.2) is 15.0 Å². The number of nitrogens with zero attached hydrogens (tertiary/aromatic N) is 4. The van der Waals surface area contributed by atoms with E-state index in [9.17, 15) is 0 Å². The van der Waals surface area contributed by atoms with E-state index in [0.29, 0.717) is 24.0 Å². The van der Waals surface area contributed by atoms with Crippen molar-refractivity contribution in [3.63, 3.8) is 0 Å². The van der Waals surface area contributed by atoms with Crippen LogP contribution in [0.25, 0.3) is 33.3 Å². The second-order valence-corrected chi connectivity index (χ2v) is 16.2. The summed E-state index contributed by atoms with van der Waals surface area (Å²) in [6.45, 7) is 1.69. The second kappa shape index (κ2) is 13.8. The second-order valence-electron chi connectivity index (χ2n) is 11.2. The molecule has 232 valence electrons. The molecule has 0 amide bonds. The molecule has 0 saturated carbocycles. The molecule has 0 aliphatic carbocycles. The van der Waals surface area contributed by atoms with Crippen LogP contribution in [0.1, 0.15) is 5.56 Å². The highest BCUT2D eigenvalue weighted by Gasteiger charge is 2.17. The van der Waals surface area contributed by atoms with Gasteiger partial charge in [0.1, 0.15) is 24.0 Å². The molecule has 9 nitrogen and oxygen atoms in total. The van der Waals surface area contributed by atoms with Gasteiger partial charge in [0.25, 0.3) is 0 Å². The lowest BCUT2D eigenvalue weighted by molar-refractivity contribution is 0.0896. The van der Waals surface area contributed by atoms with E-state index in [2.05, 4.69) is 40.3 Å². The van der Waals surface area contributed by atoms with Crippen LogP contribution in [0, 0.1) is 0 Å².